The monoisotopic (exact) mass is 220 g/mol. The number of ether oxygens (including phenoxy) is 1. The zero-order valence-electron chi connectivity index (χ0n) is 10.5. The summed E-state index contributed by atoms with van der Waals surface area (Å²) in [5, 5.41) is 0. The molecule has 0 amide bonds. The van der Waals surface area contributed by atoms with E-state index in [0.717, 1.165) is 17.7 Å². The van der Waals surface area contributed by atoms with E-state index in [4.69, 9.17) is 4.74 Å². The normalized spacial score (nSPS) is 10.6. The summed E-state index contributed by atoms with van der Waals surface area (Å²) in [5.41, 5.74) is 1.72. The minimum atomic E-state index is 0.175. The number of carbonyl (C=O) groups is 1. The molecule has 2 nitrogen and oxygen atoms in total. The van der Waals surface area contributed by atoms with Crippen LogP contribution in [0.1, 0.15) is 42.6 Å². The van der Waals surface area contributed by atoms with Crippen LogP contribution in [-0.2, 0) is 0 Å². The van der Waals surface area contributed by atoms with Crippen LogP contribution in [-0.4, -0.2) is 12.9 Å². The summed E-state index contributed by atoms with van der Waals surface area (Å²) in [6, 6.07) is 5.70. The Bertz CT molecular complexity index is 367. The Labute approximate surface area is 97.6 Å². The number of ketones is 1. The van der Waals surface area contributed by atoms with Gasteiger partial charge in [-0.15, -0.1) is 0 Å². The molecule has 0 aliphatic carbocycles. The maximum Gasteiger partial charge on any atom is 0.166 e. The molecule has 0 bridgehead atoms. The van der Waals surface area contributed by atoms with Crippen molar-refractivity contribution < 1.29 is 9.53 Å². The Kier molecular flexibility index (Phi) is 4.53. The number of methoxy groups -OCH3 is 1. The molecule has 2 heteroatoms. The largest absolute Gasteiger partial charge is 0.496 e. The molecule has 0 N–H and O–H groups in total. The number of carbonyl (C=O) groups excluding carboxylic acids is 1. The van der Waals surface area contributed by atoms with Crippen LogP contribution in [0, 0.1) is 12.8 Å². The highest BCUT2D eigenvalue weighted by molar-refractivity contribution is 5.99. The van der Waals surface area contributed by atoms with E-state index >= 15 is 0 Å². The van der Waals surface area contributed by atoms with Gasteiger partial charge in [-0.05, 0) is 30.9 Å². The van der Waals surface area contributed by atoms with Gasteiger partial charge in [-0.2, -0.15) is 0 Å². The topological polar surface area (TPSA) is 26.3 Å². The van der Waals surface area contributed by atoms with Gasteiger partial charge in [0.15, 0.2) is 5.78 Å². The lowest BCUT2D eigenvalue weighted by Crippen LogP contribution is -2.04. The first kappa shape index (κ1) is 12.8. The molecule has 0 saturated heterocycles. The summed E-state index contributed by atoms with van der Waals surface area (Å²) < 4.78 is 5.28. The van der Waals surface area contributed by atoms with Crippen molar-refractivity contribution in [2.45, 2.75) is 33.6 Å². The highest BCUT2D eigenvalue weighted by Crippen LogP contribution is 2.24. The maximum atomic E-state index is 12.0. The van der Waals surface area contributed by atoms with Crippen molar-refractivity contribution in [2.24, 2.45) is 5.92 Å². The summed E-state index contributed by atoms with van der Waals surface area (Å²) in [7, 11) is 1.61. The molecule has 0 spiro atoms. The minimum absolute atomic E-state index is 0.175. The van der Waals surface area contributed by atoms with Crippen LogP contribution >= 0.6 is 0 Å². The third kappa shape index (κ3) is 3.09. The average molecular weight is 220 g/mol. The molecule has 0 aromatic heterocycles. The average Bonchev–Trinajstić information content (AvgIpc) is 2.25. The Morgan fingerprint density at radius 3 is 2.62 bits per heavy atom. The molecule has 16 heavy (non-hydrogen) atoms. The summed E-state index contributed by atoms with van der Waals surface area (Å²) in [6.07, 6.45) is 1.52. The fourth-order valence-electron chi connectivity index (χ4n) is 1.70. The second-order valence-corrected chi connectivity index (χ2v) is 4.51. The van der Waals surface area contributed by atoms with Gasteiger partial charge in [-0.1, -0.05) is 26.0 Å². The molecule has 0 saturated carbocycles. The van der Waals surface area contributed by atoms with E-state index < -0.39 is 0 Å². The summed E-state index contributed by atoms with van der Waals surface area (Å²) in [4.78, 5) is 12.0. The van der Waals surface area contributed by atoms with E-state index in [2.05, 4.69) is 13.8 Å². The Hall–Kier alpha value is -1.31. The van der Waals surface area contributed by atoms with Crippen molar-refractivity contribution in [2.75, 3.05) is 7.11 Å². The van der Waals surface area contributed by atoms with E-state index in [1.807, 2.05) is 25.1 Å². The lowest BCUT2D eigenvalue weighted by Gasteiger charge is -2.10. The summed E-state index contributed by atoms with van der Waals surface area (Å²) in [5.74, 6) is 1.45. The number of rotatable bonds is 5. The molecule has 1 aromatic carbocycles. The molecular weight excluding hydrogens is 200 g/mol. The van der Waals surface area contributed by atoms with Crippen LogP contribution in [0.5, 0.6) is 5.75 Å². The Morgan fingerprint density at radius 1 is 1.38 bits per heavy atom. The van der Waals surface area contributed by atoms with Gasteiger partial charge >= 0.3 is 0 Å². The third-order valence-corrected chi connectivity index (χ3v) is 2.67. The molecule has 88 valence electrons. The minimum Gasteiger partial charge on any atom is -0.496 e. The van der Waals surface area contributed by atoms with Crippen molar-refractivity contribution in [3.05, 3.63) is 29.3 Å². The van der Waals surface area contributed by atoms with Crippen molar-refractivity contribution in [1.29, 1.82) is 0 Å². The first-order valence-corrected chi connectivity index (χ1v) is 5.73. The Morgan fingerprint density at radius 2 is 2.06 bits per heavy atom. The van der Waals surface area contributed by atoms with Crippen LogP contribution in [0.15, 0.2) is 18.2 Å². The maximum absolute atomic E-state index is 12.0. The van der Waals surface area contributed by atoms with Gasteiger partial charge in [0.25, 0.3) is 0 Å². The predicted octanol–water partition coefficient (Wildman–Crippen LogP) is 3.62. The quantitative estimate of drug-likeness (QED) is 0.708. The van der Waals surface area contributed by atoms with E-state index in [9.17, 15) is 4.79 Å². The first-order valence-electron chi connectivity index (χ1n) is 5.73. The van der Waals surface area contributed by atoms with E-state index in [1.54, 1.807) is 7.11 Å². The highest BCUT2D eigenvalue weighted by atomic mass is 16.5. The third-order valence-electron chi connectivity index (χ3n) is 2.67. The zero-order valence-corrected chi connectivity index (χ0v) is 10.5. The number of para-hydroxylation sites is 1. The SMILES string of the molecule is COc1c(C)cccc1C(=O)CCC(C)C. The Balaban J connectivity index is 2.86. The summed E-state index contributed by atoms with van der Waals surface area (Å²) >= 11 is 0. The smallest absolute Gasteiger partial charge is 0.166 e. The molecule has 0 heterocycles. The lowest BCUT2D eigenvalue weighted by atomic mass is 9.99. The van der Waals surface area contributed by atoms with Crippen LogP contribution in [0.3, 0.4) is 0 Å². The van der Waals surface area contributed by atoms with Crippen LogP contribution in [0.4, 0.5) is 0 Å². The van der Waals surface area contributed by atoms with Gasteiger partial charge in [-0.25, -0.2) is 0 Å². The van der Waals surface area contributed by atoms with Gasteiger partial charge in [0.05, 0.1) is 12.7 Å². The standard InChI is InChI=1S/C14H20O2/c1-10(2)8-9-13(15)12-7-5-6-11(3)14(12)16-4/h5-7,10H,8-9H2,1-4H3. The molecule has 0 aliphatic rings. The van der Waals surface area contributed by atoms with Crippen molar-refractivity contribution >= 4 is 5.78 Å². The molecule has 0 radical (unpaired) electrons. The molecular formula is C14H20O2. The van der Waals surface area contributed by atoms with Crippen LogP contribution < -0.4 is 4.74 Å². The summed E-state index contributed by atoms with van der Waals surface area (Å²) in [6.45, 7) is 6.21. The van der Waals surface area contributed by atoms with Gasteiger partial charge in [0.2, 0.25) is 0 Å². The zero-order chi connectivity index (χ0) is 12.1. The highest BCUT2D eigenvalue weighted by Gasteiger charge is 2.13. The van der Waals surface area contributed by atoms with Crippen LogP contribution in [0.2, 0.25) is 0 Å². The molecule has 1 rings (SSSR count). The van der Waals surface area contributed by atoms with Crippen molar-refractivity contribution in [3.63, 3.8) is 0 Å². The first-order chi connectivity index (χ1) is 7.56. The number of aryl methyl sites for hydroxylation is 1. The molecule has 0 unspecified atom stereocenters. The fraction of sp³-hybridized carbons (Fsp3) is 0.500. The second kappa shape index (κ2) is 5.69. The molecule has 0 aliphatic heterocycles. The fourth-order valence-corrected chi connectivity index (χ4v) is 1.70. The van der Waals surface area contributed by atoms with Gasteiger partial charge < -0.3 is 4.74 Å². The number of hydrogen-bond donors (Lipinski definition) is 0. The van der Waals surface area contributed by atoms with Crippen LogP contribution in [0.25, 0.3) is 0 Å². The van der Waals surface area contributed by atoms with Crippen molar-refractivity contribution in [3.8, 4) is 5.75 Å². The van der Waals surface area contributed by atoms with Gasteiger partial charge in [0.1, 0.15) is 5.75 Å². The van der Waals surface area contributed by atoms with E-state index in [-0.39, 0.29) is 5.78 Å². The molecule has 1 aromatic rings. The van der Waals surface area contributed by atoms with Gasteiger partial charge in [-0.3, -0.25) is 4.79 Å². The molecule has 0 atom stereocenters. The number of hydrogen-bond acceptors (Lipinski definition) is 2. The van der Waals surface area contributed by atoms with Gasteiger partial charge in [0, 0.05) is 6.42 Å². The molecule has 0 fully saturated rings. The van der Waals surface area contributed by atoms with Crippen molar-refractivity contribution in [1.82, 2.24) is 0 Å². The lowest BCUT2D eigenvalue weighted by molar-refractivity contribution is 0.0972. The van der Waals surface area contributed by atoms with E-state index in [0.29, 0.717) is 17.9 Å². The van der Waals surface area contributed by atoms with E-state index in [1.165, 1.54) is 0 Å². The second-order valence-electron chi connectivity index (χ2n) is 4.51. The predicted molar refractivity (Wildman–Crippen MR) is 66.1 cm³/mol. The number of Topliss-reactive ketones (excluding diaryl/α,β-unsaturated/α-hetero) is 1. The number of benzene rings is 1.